The minimum Gasteiger partial charge on any atom is -0.379 e. The molecule has 9 nitrogen and oxygen atoms in total. The maximum absolute atomic E-state index is 13.1. The van der Waals surface area contributed by atoms with Gasteiger partial charge in [-0.1, -0.05) is 30.3 Å². The molecule has 2 heterocycles. The Kier molecular flexibility index (Phi) is 9.72. The molecular formula is C27H34ClN3O6S. The van der Waals surface area contributed by atoms with Gasteiger partial charge in [-0.25, -0.2) is 13.9 Å². The van der Waals surface area contributed by atoms with Gasteiger partial charge in [-0.3, -0.25) is 19.7 Å². The molecule has 0 bridgehead atoms. The van der Waals surface area contributed by atoms with Crippen LogP contribution in [0.15, 0.2) is 59.5 Å². The molecule has 2 aromatic carbocycles. The molecule has 38 heavy (non-hydrogen) atoms. The van der Waals surface area contributed by atoms with E-state index in [-0.39, 0.29) is 30.9 Å². The van der Waals surface area contributed by atoms with Gasteiger partial charge in [0.2, 0.25) is 0 Å². The maximum Gasteiger partial charge on any atom is 0.264 e. The van der Waals surface area contributed by atoms with Crippen molar-refractivity contribution in [2.75, 3.05) is 39.1 Å². The highest BCUT2D eigenvalue weighted by Gasteiger charge is 2.43. The predicted molar refractivity (Wildman–Crippen MR) is 150 cm³/mol. The van der Waals surface area contributed by atoms with Gasteiger partial charge in [-0.15, -0.1) is 12.4 Å². The Balaban J connectivity index is 0.00000400. The molecule has 0 aliphatic carbocycles. The van der Waals surface area contributed by atoms with Gasteiger partial charge in [0, 0.05) is 44.0 Å². The van der Waals surface area contributed by atoms with E-state index >= 15 is 0 Å². The zero-order valence-electron chi connectivity index (χ0n) is 21.6. The number of amides is 1. The zero-order valence-corrected chi connectivity index (χ0v) is 23.2. The number of sulfone groups is 1. The summed E-state index contributed by atoms with van der Waals surface area (Å²) in [6.45, 7) is 5.80. The van der Waals surface area contributed by atoms with Crippen LogP contribution >= 0.6 is 12.4 Å². The third kappa shape index (κ3) is 6.44. The second-order valence-electron chi connectivity index (χ2n) is 9.71. The maximum atomic E-state index is 13.1. The first kappa shape index (κ1) is 29.8. The van der Waals surface area contributed by atoms with Crippen LogP contribution in [0.2, 0.25) is 0 Å². The van der Waals surface area contributed by atoms with Gasteiger partial charge in [0.05, 0.1) is 13.2 Å². The largest absolute Gasteiger partial charge is 0.379 e. The number of halogens is 1. The van der Waals surface area contributed by atoms with Crippen LogP contribution in [0.5, 0.6) is 0 Å². The molecular weight excluding hydrogens is 530 g/mol. The lowest BCUT2D eigenvalue weighted by Gasteiger charge is -2.26. The summed E-state index contributed by atoms with van der Waals surface area (Å²) in [7, 11) is -3.85. The molecule has 11 heteroatoms. The topological polar surface area (TPSA) is 118 Å². The van der Waals surface area contributed by atoms with E-state index in [1.807, 2.05) is 12.1 Å². The highest BCUT2D eigenvalue weighted by molar-refractivity contribution is 7.92. The molecule has 2 N–H and O–H groups in total. The number of fused-ring (bicyclic) bond motifs is 1. The Morgan fingerprint density at radius 2 is 1.71 bits per heavy atom. The zero-order chi connectivity index (χ0) is 26.6. The third-order valence-electron chi connectivity index (χ3n) is 7.31. The van der Waals surface area contributed by atoms with Crippen LogP contribution in [0.25, 0.3) is 21.9 Å². The number of nitrogens with zero attached hydrogens (tertiary/aromatic N) is 2. The number of aryl methyl sites for hydroxylation is 1. The molecule has 1 fully saturated rings. The second-order valence-corrected chi connectivity index (χ2v) is 12.2. The summed E-state index contributed by atoms with van der Waals surface area (Å²) in [5.41, 5.74) is 4.48. The molecule has 1 saturated heterocycles. The highest BCUT2D eigenvalue weighted by atomic mass is 35.5. The van der Waals surface area contributed by atoms with Crippen molar-refractivity contribution in [2.45, 2.75) is 31.1 Å². The minimum atomic E-state index is -3.85. The number of carbonyl (C=O) groups is 1. The minimum absolute atomic E-state index is 0. The lowest BCUT2D eigenvalue weighted by molar-refractivity contribution is -0.131. The number of hydroxylamine groups is 1. The van der Waals surface area contributed by atoms with Crippen molar-refractivity contribution in [1.82, 2.24) is 14.9 Å². The number of hydrogen-bond acceptors (Lipinski definition) is 7. The number of nitrogens with one attached hydrogen (secondary N) is 1. The van der Waals surface area contributed by atoms with Crippen molar-refractivity contribution in [1.29, 1.82) is 0 Å². The van der Waals surface area contributed by atoms with Crippen molar-refractivity contribution in [3.05, 3.63) is 70.6 Å². The first-order valence-corrected chi connectivity index (χ1v) is 14.2. The number of morpholine rings is 1. The second kappa shape index (κ2) is 12.4. The van der Waals surface area contributed by atoms with E-state index in [0.29, 0.717) is 5.39 Å². The van der Waals surface area contributed by atoms with Gasteiger partial charge >= 0.3 is 0 Å². The van der Waals surface area contributed by atoms with Gasteiger partial charge in [-0.2, -0.15) is 0 Å². The van der Waals surface area contributed by atoms with E-state index in [1.54, 1.807) is 18.3 Å². The van der Waals surface area contributed by atoms with Crippen LogP contribution in [0, 0.1) is 0 Å². The summed E-state index contributed by atoms with van der Waals surface area (Å²) in [4.78, 5) is 27.6. The van der Waals surface area contributed by atoms with Gasteiger partial charge in [-0.05, 0) is 60.0 Å². The molecule has 1 unspecified atom stereocenters. The molecule has 206 valence electrons. The molecule has 1 aliphatic rings. The van der Waals surface area contributed by atoms with Crippen molar-refractivity contribution < 1.29 is 23.2 Å². The molecule has 1 amide bonds. The van der Waals surface area contributed by atoms with Gasteiger partial charge < -0.3 is 9.30 Å². The van der Waals surface area contributed by atoms with Crippen LogP contribution in [-0.4, -0.2) is 72.9 Å². The molecule has 1 atom stereocenters. The number of hydrogen-bond donors (Lipinski definition) is 2. The number of aromatic nitrogens is 1. The summed E-state index contributed by atoms with van der Waals surface area (Å²) < 4.78 is 29.3. The number of pyridine rings is 1. The Morgan fingerprint density at radius 1 is 1.05 bits per heavy atom. The summed E-state index contributed by atoms with van der Waals surface area (Å²) in [6.07, 6.45) is 3.35. The van der Waals surface area contributed by atoms with E-state index in [9.17, 15) is 18.0 Å². The van der Waals surface area contributed by atoms with Crippen molar-refractivity contribution >= 4 is 38.9 Å². The van der Waals surface area contributed by atoms with E-state index in [2.05, 4.69) is 29.2 Å². The average Bonchev–Trinajstić information content (AvgIpc) is 2.91. The Bertz CT molecular complexity index is 1440. The number of rotatable bonds is 9. The molecule has 1 aliphatic heterocycles. The number of ether oxygens (including phenoxy) is 1. The van der Waals surface area contributed by atoms with E-state index < -0.39 is 20.5 Å². The first-order valence-electron chi connectivity index (χ1n) is 12.3. The van der Waals surface area contributed by atoms with Gasteiger partial charge in [0.15, 0.2) is 14.6 Å². The van der Waals surface area contributed by atoms with Crippen LogP contribution in [0.1, 0.15) is 18.9 Å². The van der Waals surface area contributed by atoms with Crippen molar-refractivity contribution in [3.63, 3.8) is 0 Å². The number of benzene rings is 2. The SMILES string of the molecule is CC(CCn1ccc2cc(-c3ccc(CCN4CCOCC4)cc3)ccc2c1=O)(C(=O)NO)S(C)(=O)=O.Cl. The Hall–Kier alpha value is -2.76. The molecule has 3 aromatic rings. The fourth-order valence-electron chi connectivity index (χ4n) is 4.54. The molecule has 4 rings (SSSR count). The van der Waals surface area contributed by atoms with E-state index in [1.165, 1.54) is 22.5 Å². The third-order valence-corrected chi connectivity index (χ3v) is 9.34. The molecule has 0 radical (unpaired) electrons. The summed E-state index contributed by atoms with van der Waals surface area (Å²) >= 11 is 0. The average molecular weight is 564 g/mol. The molecule has 0 spiro atoms. The Labute approximate surface area is 228 Å². The summed E-state index contributed by atoms with van der Waals surface area (Å²) in [5.74, 6) is -1.03. The lowest BCUT2D eigenvalue weighted by Crippen LogP contribution is -2.49. The first-order chi connectivity index (χ1) is 17.6. The monoisotopic (exact) mass is 563 g/mol. The van der Waals surface area contributed by atoms with E-state index in [0.717, 1.165) is 62.0 Å². The standard InChI is InChI=1S/C27H33N3O6S.ClH/c1-27(26(32)28-33,37(2,34)35)11-14-30-13-10-23-19-22(7-8-24(23)25(30)31)21-5-3-20(4-6-21)9-12-29-15-17-36-18-16-29;/h3-8,10,13,19,33H,9,11-12,14-18H2,1-2H3,(H,28,32);1H. The van der Waals surface area contributed by atoms with Gasteiger partial charge in [0.1, 0.15) is 0 Å². The van der Waals surface area contributed by atoms with Crippen LogP contribution in [0.3, 0.4) is 0 Å². The summed E-state index contributed by atoms with van der Waals surface area (Å²) in [5, 5.41) is 10.3. The number of carbonyl (C=O) groups excluding carboxylic acids is 1. The Morgan fingerprint density at radius 3 is 2.34 bits per heavy atom. The van der Waals surface area contributed by atoms with Crippen LogP contribution < -0.4 is 11.0 Å². The fourth-order valence-corrected chi connectivity index (χ4v) is 5.38. The van der Waals surface area contributed by atoms with Crippen LogP contribution in [0.4, 0.5) is 0 Å². The van der Waals surface area contributed by atoms with Crippen molar-refractivity contribution in [3.8, 4) is 11.1 Å². The van der Waals surface area contributed by atoms with E-state index in [4.69, 9.17) is 9.94 Å². The quantitative estimate of drug-likeness (QED) is 0.303. The smallest absolute Gasteiger partial charge is 0.264 e. The predicted octanol–water partition coefficient (Wildman–Crippen LogP) is 2.66. The van der Waals surface area contributed by atoms with Crippen molar-refractivity contribution in [2.24, 2.45) is 0 Å². The molecule has 1 aromatic heterocycles. The highest BCUT2D eigenvalue weighted by Crippen LogP contribution is 2.25. The normalized spacial score (nSPS) is 16.0. The fraction of sp³-hybridized carbons (Fsp3) is 0.407. The summed E-state index contributed by atoms with van der Waals surface area (Å²) in [6, 6.07) is 15.9. The van der Waals surface area contributed by atoms with Crippen LogP contribution in [-0.2, 0) is 32.3 Å². The lowest BCUT2D eigenvalue weighted by atomic mass is 10.00. The van der Waals surface area contributed by atoms with Gasteiger partial charge in [0.25, 0.3) is 11.5 Å². The molecule has 0 saturated carbocycles.